The molecule has 6 nitrogen and oxygen atoms in total. The van der Waals surface area contributed by atoms with E-state index >= 15 is 0 Å². The first-order valence-electron chi connectivity index (χ1n) is 11.0. The highest BCUT2D eigenvalue weighted by molar-refractivity contribution is 7.89. The van der Waals surface area contributed by atoms with E-state index in [1.165, 1.54) is 43.9 Å². The van der Waals surface area contributed by atoms with Gasteiger partial charge in [0.25, 0.3) is 0 Å². The molecule has 0 spiro atoms. The van der Waals surface area contributed by atoms with E-state index < -0.39 is 20.0 Å². The predicted octanol–water partition coefficient (Wildman–Crippen LogP) is 4.37. The summed E-state index contributed by atoms with van der Waals surface area (Å²) in [5.74, 6) is 0. The van der Waals surface area contributed by atoms with E-state index in [0.717, 1.165) is 35.6 Å². The average molecular weight is 479 g/mol. The number of benzene rings is 2. The lowest BCUT2D eigenvalue weighted by molar-refractivity contribution is 0.316. The molecule has 0 saturated heterocycles. The molecule has 1 aliphatic carbocycles. The van der Waals surface area contributed by atoms with Gasteiger partial charge in [0, 0.05) is 26.7 Å². The minimum atomic E-state index is -3.78. The maximum atomic E-state index is 13.6. The van der Waals surface area contributed by atoms with Crippen LogP contribution in [0.3, 0.4) is 0 Å². The molecule has 0 radical (unpaired) electrons. The summed E-state index contributed by atoms with van der Waals surface area (Å²) in [6.45, 7) is 6.75. The van der Waals surface area contributed by atoms with Crippen molar-refractivity contribution < 1.29 is 16.8 Å². The van der Waals surface area contributed by atoms with Crippen LogP contribution in [0.15, 0.2) is 58.3 Å². The highest BCUT2D eigenvalue weighted by Crippen LogP contribution is 2.31. The highest BCUT2D eigenvalue weighted by atomic mass is 32.2. The van der Waals surface area contributed by atoms with Gasteiger partial charge in [-0.15, -0.1) is 0 Å². The maximum absolute atomic E-state index is 13.6. The zero-order chi connectivity index (χ0) is 23.7. The average Bonchev–Trinajstić information content (AvgIpc) is 3.26. The number of hydrogen-bond donors (Lipinski definition) is 0. The van der Waals surface area contributed by atoms with E-state index in [1.807, 2.05) is 12.1 Å². The first-order chi connectivity index (χ1) is 14.8. The van der Waals surface area contributed by atoms with Gasteiger partial charge in [-0.25, -0.2) is 21.1 Å². The summed E-state index contributed by atoms with van der Waals surface area (Å²) in [7, 11) is -4.49. The smallest absolute Gasteiger partial charge is 0.207 e. The molecule has 0 aromatic heterocycles. The summed E-state index contributed by atoms with van der Waals surface area (Å²) in [6.07, 6.45) is 3.71. The fourth-order valence-corrected chi connectivity index (χ4v) is 6.60. The van der Waals surface area contributed by atoms with Crippen molar-refractivity contribution in [1.82, 2.24) is 8.61 Å². The molecule has 8 heteroatoms. The first kappa shape index (κ1) is 24.9. The fraction of sp³-hybridized carbons (Fsp3) is 0.500. The van der Waals surface area contributed by atoms with Crippen LogP contribution in [0, 0.1) is 0 Å². The standard InChI is InChI=1S/C24H34N2O4S2/c1-24(2,3)20-12-10-19(11-13-20)18-26(21-8-6-7-9-21)32(29,30)23-16-14-22(15-17-23)31(27,28)25(4)5/h10-17,21H,6-9,18H2,1-5H3. The van der Waals surface area contributed by atoms with Gasteiger partial charge < -0.3 is 0 Å². The largest absolute Gasteiger partial charge is 0.243 e. The Morgan fingerprint density at radius 1 is 0.781 bits per heavy atom. The van der Waals surface area contributed by atoms with Crippen LogP contribution in [0.2, 0.25) is 0 Å². The van der Waals surface area contributed by atoms with Gasteiger partial charge in [0.05, 0.1) is 9.79 Å². The molecule has 0 heterocycles. The Morgan fingerprint density at radius 2 is 1.25 bits per heavy atom. The second-order valence-electron chi connectivity index (χ2n) is 9.69. The Bertz CT molecular complexity index is 1130. The molecule has 0 bridgehead atoms. The molecule has 0 aliphatic heterocycles. The molecule has 176 valence electrons. The molecule has 0 amide bonds. The third-order valence-corrected chi connectivity index (χ3v) is 9.84. The van der Waals surface area contributed by atoms with Crippen LogP contribution < -0.4 is 0 Å². The summed E-state index contributed by atoms with van der Waals surface area (Å²) in [5, 5.41) is 0. The molecule has 32 heavy (non-hydrogen) atoms. The first-order valence-corrected chi connectivity index (χ1v) is 13.9. The Balaban J connectivity index is 1.93. The third-order valence-electron chi connectivity index (χ3n) is 6.10. The topological polar surface area (TPSA) is 74.8 Å². The van der Waals surface area contributed by atoms with E-state index in [9.17, 15) is 16.8 Å². The van der Waals surface area contributed by atoms with E-state index in [-0.39, 0.29) is 21.2 Å². The molecule has 3 rings (SSSR count). The van der Waals surface area contributed by atoms with Gasteiger partial charge in [0.1, 0.15) is 0 Å². The van der Waals surface area contributed by atoms with Crippen molar-refractivity contribution in [1.29, 1.82) is 0 Å². The van der Waals surface area contributed by atoms with Crippen LogP contribution in [0.4, 0.5) is 0 Å². The Hall–Kier alpha value is -1.74. The normalized spacial score (nSPS) is 16.2. The van der Waals surface area contributed by atoms with Gasteiger partial charge in [0.15, 0.2) is 0 Å². The SMILES string of the molecule is CN(C)S(=O)(=O)c1ccc(S(=O)(=O)N(Cc2ccc(C(C)(C)C)cc2)C2CCCC2)cc1. The molecule has 2 aromatic rings. The fourth-order valence-electron chi connectivity index (χ4n) is 4.02. The molecule has 1 fully saturated rings. The van der Waals surface area contributed by atoms with Crippen molar-refractivity contribution in [3.8, 4) is 0 Å². The molecule has 0 N–H and O–H groups in total. The summed E-state index contributed by atoms with van der Waals surface area (Å²) in [5.41, 5.74) is 2.18. The summed E-state index contributed by atoms with van der Waals surface area (Å²) < 4.78 is 54.6. The lowest BCUT2D eigenvalue weighted by atomic mass is 9.87. The lowest BCUT2D eigenvalue weighted by Crippen LogP contribution is -2.38. The van der Waals surface area contributed by atoms with E-state index in [0.29, 0.717) is 6.54 Å². The van der Waals surface area contributed by atoms with Gasteiger partial charge in [-0.3, -0.25) is 0 Å². The molecule has 2 aromatic carbocycles. The maximum Gasteiger partial charge on any atom is 0.243 e. The molecule has 1 aliphatic rings. The van der Waals surface area contributed by atoms with Crippen LogP contribution >= 0.6 is 0 Å². The third kappa shape index (κ3) is 5.25. The van der Waals surface area contributed by atoms with Crippen molar-refractivity contribution in [2.45, 2.75) is 74.2 Å². The van der Waals surface area contributed by atoms with Gasteiger partial charge in [-0.05, 0) is 53.6 Å². The quantitative estimate of drug-likeness (QED) is 0.592. The van der Waals surface area contributed by atoms with E-state index in [1.54, 1.807) is 4.31 Å². The van der Waals surface area contributed by atoms with Crippen LogP contribution in [0.5, 0.6) is 0 Å². The van der Waals surface area contributed by atoms with Crippen molar-refractivity contribution in [3.05, 3.63) is 59.7 Å². The lowest BCUT2D eigenvalue weighted by Gasteiger charge is -2.28. The van der Waals surface area contributed by atoms with Crippen molar-refractivity contribution in [2.24, 2.45) is 0 Å². The Morgan fingerprint density at radius 3 is 1.69 bits per heavy atom. The number of rotatable bonds is 7. The monoisotopic (exact) mass is 478 g/mol. The minimum absolute atomic E-state index is 0.0321. The van der Waals surface area contributed by atoms with Crippen LogP contribution in [0.25, 0.3) is 0 Å². The molecule has 0 atom stereocenters. The second-order valence-corrected chi connectivity index (χ2v) is 13.7. The zero-order valence-corrected chi connectivity index (χ0v) is 21.2. The van der Waals surface area contributed by atoms with Gasteiger partial charge >= 0.3 is 0 Å². The minimum Gasteiger partial charge on any atom is -0.207 e. The van der Waals surface area contributed by atoms with E-state index in [2.05, 4.69) is 32.9 Å². The summed E-state index contributed by atoms with van der Waals surface area (Å²) in [6, 6.07) is 13.6. The van der Waals surface area contributed by atoms with Crippen molar-refractivity contribution in [3.63, 3.8) is 0 Å². The highest BCUT2D eigenvalue weighted by Gasteiger charge is 2.33. The number of hydrogen-bond acceptors (Lipinski definition) is 4. The van der Waals surface area contributed by atoms with Crippen LogP contribution in [-0.2, 0) is 32.0 Å². The van der Waals surface area contributed by atoms with Gasteiger partial charge in [0.2, 0.25) is 20.0 Å². The Labute approximate surface area is 193 Å². The summed E-state index contributed by atoms with van der Waals surface area (Å²) >= 11 is 0. The van der Waals surface area contributed by atoms with Crippen LogP contribution in [-0.4, -0.2) is 45.6 Å². The van der Waals surface area contributed by atoms with Crippen molar-refractivity contribution >= 4 is 20.0 Å². The summed E-state index contributed by atoms with van der Waals surface area (Å²) in [4.78, 5) is 0.194. The molecular formula is C24H34N2O4S2. The van der Waals surface area contributed by atoms with Crippen molar-refractivity contribution in [2.75, 3.05) is 14.1 Å². The molecule has 0 unspecified atom stereocenters. The zero-order valence-electron chi connectivity index (χ0n) is 19.6. The van der Waals surface area contributed by atoms with Gasteiger partial charge in [-0.2, -0.15) is 4.31 Å². The predicted molar refractivity (Wildman–Crippen MR) is 127 cm³/mol. The number of sulfonamides is 2. The van der Waals surface area contributed by atoms with E-state index in [4.69, 9.17) is 0 Å². The van der Waals surface area contributed by atoms with Gasteiger partial charge in [-0.1, -0.05) is 57.9 Å². The second kappa shape index (κ2) is 9.25. The Kier molecular flexibility index (Phi) is 7.20. The molecule has 1 saturated carbocycles. The van der Waals surface area contributed by atoms with Crippen LogP contribution in [0.1, 0.15) is 57.6 Å². The molecular weight excluding hydrogens is 444 g/mol. The number of nitrogens with zero attached hydrogens (tertiary/aromatic N) is 2.